The zero-order valence-electron chi connectivity index (χ0n) is 18.3. The first kappa shape index (κ1) is 24.7. The standard InChI is InChI=1S/C24H30ClNO5/c1-23(2,3)31-22(30)26-18(14-24(4,15-27)21(28)29)13-16-9-11-17(12-10-16)19-7-5-6-8-20(19)25/h5-12,18,27H,13-15H2,1-4H3,(H,26,30)(H,28,29). The Kier molecular flexibility index (Phi) is 8.09. The van der Waals surface area contributed by atoms with E-state index in [0.29, 0.717) is 11.4 Å². The maximum Gasteiger partial charge on any atom is 0.407 e. The molecule has 0 heterocycles. The van der Waals surface area contributed by atoms with Crippen molar-refractivity contribution in [3.63, 3.8) is 0 Å². The molecule has 1 amide bonds. The van der Waals surface area contributed by atoms with Crippen LogP contribution in [0.2, 0.25) is 5.02 Å². The zero-order valence-corrected chi connectivity index (χ0v) is 19.1. The highest BCUT2D eigenvalue weighted by molar-refractivity contribution is 6.33. The number of amides is 1. The van der Waals surface area contributed by atoms with Gasteiger partial charge in [-0.05, 0) is 57.7 Å². The van der Waals surface area contributed by atoms with Crippen molar-refractivity contribution in [2.75, 3.05) is 6.61 Å². The van der Waals surface area contributed by atoms with Gasteiger partial charge >= 0.3 is 12.1 Å². The number of carboxylic acid groups (broad SMARTS) is 1. The molecule has 2 rings (SSSR count). The van der Waals surface area contributed by atoms with E-state index in [4.69, 9.17) is 16.3 Å². The number of aliphatic hydroxyl groups is 1. The van der Waals surface area contributed by atoms with Gasteiger partial charge in [0.25, 0.3) is 0 Å². The minimum absolute atomic E-state index is 0.0460. The quantitative estimate of drug-likeness (QED) is 0.534. The summed E-state index contributed by atoms with van der Waals surface area (Å²) < 4.78 is 5.33. The number of nitrogens with one attached hydrogen (secondary N) is 1. The lowest BCUT2D eigenvalue weighted by atomic mass is 9.82. The molecule has 3 N–H and O–H groups in total. The van der Waals surface area contributed by atoms with E-state index in [0.717, 1.165) is 16.7 Å². The molecule has 0 aromatic heterocycles. The van der Waals surface area contributed by atoms with Crippen LogP contribution < -0.4 is 5.32 Å². The average Bonchev–Trinajstić information content (AvgIpc) is 2.67. The van der Waals surface area contributed by atoms with Crippen molar-refractivity contribution in [3.8, 4) is 11.1 Å². The van der Waals surface area contributed by atoms with Gasteiger partial charge in [0.05, 0.1) is 12.0 Å². The third-order valence-corrected chi connectivity index (χ3v) is 5.23. The lowest BCUT2D eigenvalue weighted by Gasteiger charge is -2.29. The fraction of sp³-hybridized carbons (Fsp3) is 0.417. The highest BCUT2D eigenvalue weighted by Crippen LogP contribution is 2.29. The molecular weight excluding hydrogens is 418 g/mol. The number of alkyl carbamates (subject to hydrolysis) is 1. The molecule has 0 radical (unpaired) electrons. The second-order valence-electron chi connectivity index (χ2n) is 8.95. The van der Waals surface area contributed by atoms with E-state index in [-0.39, 0.29) is 6.42 Å². The average molecular weight is 448 g/mol. The Morgan fingerprint density at radius 1 is 1.06 bits per heavy atom. The van der Waals surface area contributed by atoms with Crippen LogP contribution in [0.5, 0.6) is 0 Å². The van der Waals surface area contributed by atoms with E-state index in [9.17, 15) is 19.8 Å². The number of ether oxygens (including phenoxy) is 1. The third-order valence-electron chi connectivity index (χ3n) is 4.90. The largest absolute Gasteiger partial charge is 0.481 e. The lowest BCUT2D eigenvalue weighted by Crippen LogP contribution is -2.45. The van der Waals surface area contributed by atoms with Crippen LogP contribution >= 0.6 is 11.6 Å². The zero-order chi connectivity index (χ0) is 23.2. The molecule has 0 aliphatic carbocycles. The molecule has 0 saturated carbocycles. The Hall–Kier alpha value is -2.57. The summed E-state index contributed by atoms with van der Waals surface area (Å²) in [6.45, 7) is 6.18. The van der Waals surface area contributed by atoms with Gasteiger partial charge in [-0.2, -0.15) is 0 Å². The number of rotatable bonds is 8. The monoisotopic (exact) mass is 447 g/mol. The van der Waals surface area contributed by atoms with Gasteiger partial charge in [-0.1, -0.05) is 54.1 Å². The van der Waals surface area contributed by atoms with Crippen molar-refractivity contribution in [1.29, 1.82) is 0 Å². The molecule has 0 aliphatic rings. The molecule has 168 valence electrons. The van der Waals surface area contributed by atoms with Gasteiger partial charge in [0.1, 0.15) is 5.60 Å². The molecule has 0 fully saturated rings. The number of aliphatic carboxylic acids is 1. The minimum Gasteiger partial charge on any atom is -0.481 e. The molecule has 0 bridgehead atoms. The molecule has 2 aromatic rings. The number of halogens is 1. The highest BCUT2D eigenvalue weighted by Gasteiger charge is 2.36. The van der Waals surface area contributed by atoms with Crippen molar-refractivity contribution in [3.05, 3.63) is 59.1 Å². The van der Waals surface area contributed by atoms with Crippen LogP contribution in [0.25, 0.3) is 11.1 Å². The molecule has 31 heavy (non-hydrogen) atoms. The summed E-state index contributed by atoms with van der Waals surface area (Å²) in [5.74, 6) is -1.12. The Balaban J connectivity index is 2.22. The van der Waals surface area contributed by atoms with Crippen LogP contribution in [-0.4, -0.2) is 40.5 Å². The van der Waals surface area contributed by atoms with Crippen LogP contribution in [0.3, 0.4) is 0 Å². The fourth-order valence-electron chi connectivity index (χ4n) is 3.21. The van der Waals surface area contributed by atoms with Gasteiger partial charge in [0, 0.05) is 16.6 Å². The molecule has 2 atom stereocenters. The number of aliphatic hydroxyl groups excluding tert-OH is 1. The first-order valence-electron chi connectivity index (χ1n) is 10.1. The second kappa shape index (κ2) is 10.2. The maximum absolute atomic E-state index is 12.3. The SMILES string of the molecule is CC(C)(C)OC(=O)NC(Cc1ccc(-c2ccccc2Cl)cc1)CC(C)(CO)C(=O)O. The molecule has 0 spiro atoms. The van der Waals surface area contributed by atoms with Crippen LogP contribution in [0.15, 0.2) is 48.5 Å². The summed E-state index contributed by atoms with van der Waals surface area (Å²) in [7, 11) is 0. The molecule has 6 nitrogen and oxygen atoms in total. The number of carboxylic acids is 1. The normalized spacial score (nSPS) is 14.4. The molecular formula is C24H30ClNO5. The van der Waals surface area contributed by atoms with Crippen molar-refractivity contribution < 1.29 is 24.5 Å². The van der Waals surface area contributed by atoms with Gasteiger partial charge in [0.15, 0.2) is 0 Å². The smallest absolute Gasteiger partial charge is 0.407 e. The van der Waals surface area contributed by atoms with Crippen LogP contribution in [0.1, 0.15) is 39.7 Å². The summed E-state index contributed by atoms with van der Waals surface area (Å²) in [4.78, 5) is 24.0. The molecule has 7 heteroatoms. The summed E-state index contributed by atoms with van der Waals surface area (Å²) in [5.41, 5.74) is 0.701. The van der Waals surface area contributed by atoms with Crippen molar-refractivity contribution in [2.45, 2.75) is 52.2 Å². The summed E-state index contributed by atoms with van der Waals surface area (Å²) in [6, 6.07) is 14.7. The van der Waals surface area contributed by atoms with E-state index < -0.39 is 35.7 Å². The first-order chi connectivity index (χ1) is 14.4. The maximum atomic E-state index is 12.3. The topological polar surface area (TPSA) is 95.9 Å². The first-order valence-corrected chi connectivity index (χ1v) is 10.5. The van der Waals surface area contributed by atoms with Crippen LogP contribution in [-0.2, 0) is 16.0 Å². The lowest BCUT2D eigenvalue weighted by molar-refractivity contribution is -0.151. The van der Waals surface area contributed by atoms with Crippen LogP contribution in [0.4, 0.5) is 4.79 Å². The van der Waals surface area contributed by atoms with E-state index in [2.05, 4.69) is 5.32 Å². The molecule has 2 aromatic carbocycles. The Morgan fingerprint density at radius 3 is 2.19 bits per heavy atom. The molecule has 2 unspecified atom stereocenters. The Morgan fingerprint density at radius 2 is 1.68 bits per heavy atom. The summed E-state index contributed by atoms with van der Waals surface area (Å²) in [6.07, 6.45) is -0.203. The Bertz CT molecular complexity index is 907. The predicted octanol–water partition coefficient (Wildman–Crippen LogP) is 4.92. The van der Waals surface area contributed by atoms with Gasteiger partial charge in [-0.15, -0.1) is 0 Å². The van der Waals surface area contributed by atoms with Crippen LogP contribution in [0, 0.1) is 5.41 Å². The second-order valence-corrected chi connectivity index (χ2v) is 9.36. The van der Waals surface area contributed by atoms with Crippen molar-refractivity contribution in [1.82, 2.24) is 5.32 Å². The van der Waals surface area contributed by atoms with E-state index in [1.165, 1.54) is 6.92 Å². The fourth-order valence-corrected chi connectivity index (χ4v) is 3.46. The van der Waals surface area contributed by atoms with Gasteiger partial charge in [0.2, 0.25) is 0 Å². The van der Waals surface area contributed by atoms with E-state index in [1.54, 1.807) is 20.8 Å². The number of hydrogen-bond acceptors (Lipinski definition) is 4. The number of carbonyl (C=O) groups excluding carboxylic acids is 1. The Labute approximate surface area is 188 Å². The molecule has 0 aliphatic heterocycles. The van der Waals surface area contributed by atoms with Crippen molar-refractivity contribution >= 4 is 23.7 Å². The van der Waals surface area contributed by atoms with E-state index >= 15 is 0 Å². The number of benzene rings is 2. The predicted molar refractivity (Wildman–Crippen MR) is 121 cm³/mol. The van der Waals surface area contributed by atoms with Crippen molar-refractivity contribution in [2.24, 2.45) is 5.41 Å². The number of hydrogen-bond donors (Lipinski definition) is 3. The van der Waals surface area contributed by atoms with E-state index in [1.807, 2.05) is 48.5 Å². The third kappa shape index (κ3) is 7.26. The van der Waals surface area contributed by atoms with Gasteiger partial charge < -0.3 is 20.3 Å². The summed E-state index contributed by atoms with van der Waals surface area (Å²) in [5, 5.41) is 22.6. The van der Waals surface area contributed by atoms with Gasteiger partial charge in [-0.25, -0.2) is 4.79 Å². The summed E-state index contributed by atoms with van der Waals surface area (Å²) >= 11 is 6.27. The molecule has 0 saturated heterocycles. The van der Waals surface area contributed by atoms with Gasteiger partial charge in [-0.3, -0.25) is 4.79 Å². The number of carbonyl (C=O) groups is 2. The minimum atomic E-state index is -1.39. The highest BCUT2D eigenvalue weighted by atomic mass is 35.5.